The van der Waals surface area contributed by atoms with Gasteiger partial charge < -0.3 is 30.9 Å². The van der Waals surface area contributed by atoms with Gasteiger partial charge in [0.2, 0.25) is 24.1 Å². The molecule has 5 atom stereocenters. The fourth-order valence-corrected chi connectivity index (χ4v) is 10.9. The van der Waals surface area contributed by atoms with Gasteiger partial charge in [-0.2, -0.15) is 0 Å². The van der Waals surface area contributed by atoms with Gasteiger partial charge in [-0.25, -0.2) is 26.8 Å². The second-order valence-corrected chi connectivity index (χ2v) is 21.2. The second-order valence-electron chi connectivity index (χ2n) is 18.5. The van der Waals surface area contributed by atoms with Gasteiger partial charge in [0.1, 0.15) is 18.1 Å². The van der Waals surface area contributed by atoms with Crippen LogP contribution < -0.4 is 21.3 Å². The first-order valence-corrected chi connectivity index (χ1v) is 22.5. The molecule has 4 N–H and O–H groups in total. The number of nitrogens with zero attached hydrogens (tertiary/aromatic N) is 1. The number of likely N-dealkylation sites (tertiary alicyclic amines) is 1. The Morgan fingerprint density at radius 2 is 1.55 bits per heavy atom. The molecule has 4 fully saturated rings. The Morgan fingerprint density at radius 1 is 0.931 bits per heavy atom. The van der Waals surface area contributed by atoms with E-state index in [4.69, 9.17) is 4.74 Å². The standard InChI is InChI=1S/C42H63F2N5O8S/c1-40(2,3)58(55,56)25-42(20-11-8-12-21-42)48-39(54)47-33(27-13-9-7-10-14-27)37(52)49-24-29-32(41(29,4)5)34(49)36(51)46-30(23-31(43)44)35(50)45-22-19-26-15-17-28(18-16-26)38(53)57-6/h15-18,27,29-34H,7-14,19-25H2,1-6H3,(H,45,50)(H,46,51)(H2,47,48,54)/t29?,30-,32?,33-,34-/m0/s1. The van der Waals surface area contributed by atoms with E-state index in [1.54, 1.807) is 45.0 Å². The second kappa shape index (κ2) is 18.2. The van der Waals surface area contributed by atoms with E-state index < -0.39 is 80.8 Å². The molecule has 1 saturated heterocycles. The number of esters is 1. The third kappa shape index (κ3) is 10.5. The summed E-state index contributed by atoms with van der Waals surface area (Å²) in [5.74, 6) is -3.20. The first-order chi connectivity index (χ1) is 27.2. The summed E-state index contributed by atoms with van der Waals surface area (Å²) in [6.45, 7) is 9.22. The highest BCUT2D eigenvalue weighted by atomic mass is 32.2. The number of piperidine rings is 1. The van der Waals surface area contributed by atoms with Crippen LogP contribution in [0.2, 0.25) is 0 Å². The Bertz CT molecular complexity index is 1770. The van der Waals surface area contributed by atoms with E-state index in [0.717, 1.165) is 44.1 Å². The highest BCUT2D eigenvalue weighted by molar-refractivity contribution is 7.92. The molecule has 1 aliphatic heterocycles. The van der Waals surface area contributed by atoms with Gasteiger partial charge in [-0.05, 0) is 93.7 Å². The number of fused-ring (bicyclic) bond motifs is 1. The Labute approximate surface area is 341 Å². The maximum atomic E-state index is 14.7. The third-order valence-corrected chi connectivity index (χ3v) is 16.0. The number of ether oxygens (including phenoxy) is 1. The van der Waals surface area contributed by atoms with Gasteiger partial charge in [0.05, 0.1) is 28.7 Å². The summed E-state index contributed by atoms with van der Waals surface area (Å²) in [6.07, 6.45) is 3.97. The minimum atomic E-state index is -3.61. The van der Waals surface area contributed by atoms with Crippen LogP contribution in [0.5, 0.6) is 0 Å². The number of rotatable bonds is 15. The molecule has 58 heavy (non-hydrogen) atoms. The number of carbonyl (C=O) groups excluding carboxylic acids is 5. The van der Waals surface area contributed by atoms with Crippen molar-refractivity contribution in [2.75, 3.05) is 26.0 Å². The number of methoxy groups -OCH3 is 1. The lowest BCUT2D eigenvalue weighted by atomic mass is 9.82. The molecule has 3 saturated carbocycles. The monoisotopic (exact) mass is 835 g/mol. The summed E-state index contributed by atoms with van der Waals surface area (Å²) in [5, 5.41) is 11.2. The molecule has 0 bridgehead atoms. The number of benzene rings is 1. The van der Waals surface area contributed by atoms with Crippen LogP contribution in [0.1, 0.15) is 121 Å². The van der Waals surface area contributed by atoms with Crippen molar-refractivity contribution in [2.24, 2.45) is 23.2 Å². The van der Waals surface area contributed by atoms with Gasteiger partial charge >= 0.3 is 12.0 Å². The molecule has 1 heterocycles. The van der Waals surface area contributed by atoms with Crippen molar-refractivity contribution >= 4 is 39.6 Å². The maximum absolute atomic E-state index is 14.7. The Balaban J connectivity index is 1.31. The number of amides is 5. The average molecular weight is 836 g/mol. The smallest absolute Gasteiger partial charge is 0.337 e. The first-order valence-electron chi connectivity index (χ1n) is 20.8. The van der Waals surface area contributed by atoms with Crippen molar-refractivity contribution < 1.29 is 45.9 Å². The van der Waals surface area contributed by atoms with Crippen LogP contribution in [0.3, 0.4) is 0 Å². The molecule has 0 aromatic heterocycles. The fourth-order valence-electron chi connectivity index (χ4n) is 9.42. The lowest BCUT2D eigenvalue weighted by Gasteiger charge is -2.41. The SMILES string of the molecule is COC(=O)c1ccc(CCNC(=O)[C@H](CC(F)F)NC(=O)[C@@H]2C3C(CN2C(=O)[C@@H](NC(=O)NC2(CS(=O)(=O)C(C)(C)C)CCCCC2)C2CCCCC2)C3(C)C)cc1. The van der Waals surface area contributed by atoms with Crippen LogP contribution in [0.4, 0.5) is 13.6 Å². The minimum Gasteiger partial charge on any atom is -0.465 e. The Morgan fingerprint density at radius 3 is 2.14 bits per heavy atom. The van der Waals surface area contributed by atoms with Crippen molar-refractivity contribution in [1.29, 1.82) is 0 Å². The normalized spacial score (nSPS) is 23.9. The highest BCUT2D eigenvalue weighted by Gasteiger charge is 2.70. The predicted molar refractivity (Wildman–Crippen MR) is 215 cm³/mol. The van der Waals surface area contributed by atoms with Crippen molar-refractivity contribution in [2.45, 2.75) is 147 Å². The minimum absolute atomic E-state index is 0.0471. The van der Waals surface area contributed by atoms with Crippen LogP contribution in [-0.2, 0) is 35.4 Å². The van der Waals surface area contributed by atoms with E-state index in [9.17, 15) is 41.2 Å². The molecule has 3 aliphatic carbocycles. The molecule has 1 aromatic rings. The van der Waals surface area contributed by atoms with E-state index in [0.29, 0.717) is 37.7 Å². The molecule has 5 amide bonds. The van der Waals surface area contributed by atoms with E-state index in [-0.39, 0.29) is 42.0 Å². The molecular formula is C42H63F2N5O8S. The fraction of sp³-hybridized carbons (Fsp3) is 0.738. The number of hydrogen-bond acceptors (Lipinski definition) is 8. The Hall–Kier alpha value is -3.82. The van der Waals surface area contributed by atoms with Gasteiger partial charge in [0.25, 0.3) is 0 Å². The molecule has 0 radical (unpaired) electrons. The molecule has 324 valence electrons. The first kappa shape index (κ1) is 45.3. The van der Waals surface area contributed by atoms with E-state index in [1.165, 1.54) is 12.0 Å². The number of sulfone groups is 1. The summed E-state index contributed by atoms with van der Waals surface area (Å²) >= 11 is 0. The topological polar surface area (TPSA) is 180 Å². The lowest BCUT2D eigenvalue weighted by molar-refractivity contribution is -0.144. The van der Waals surface area contributed by atoms with Gasteiger partial charge in [0, 0.05) is 19.5 Å². The van der Waals surface area contributed by atoms with Crippen LogP contribution in [0.15, 0.2) is 24.3 Å². The summed E-state index contributed by atoms with van der Waals surface area (Å²) in [4.78, 5) is 69.4. The lowest BCUT2D eigenvalue weighted by Crippen LogP contribution is -2.63. The molecule has 5 rings (SSSR count). The van der Waals surface area contributed by atoms with Crippen LogP contribution in [0.25, 0.3) is 0 Å². The van der Waals surface area contributed by atoms with Crippen LogP contribution >= 0.6 is 0 Å². The van der Waals surface area contributed by atoms with E-state index >= 15 is 0 Å². The number of hydrogen-bond donors (Lipinski definition) is 4. The molecule has 16 heteroatoms. The third-order valence-electron chi connectivity index (χ3n) is 13.2. The summed E-state index contributed by atoms with van der Waals surface area (Å²) in [7, 11) is -2.33. The molecule has 2 unspecified atom stereocenters. The van der Waals surface area contributed by atoms with E-state index in [1.807, 2.05) is 13.8 Å². The van der Waals surface area contributed by atoms with Crippen molar-refractivity contribution in [3.63, 3.8) is 0 Å². The van der Waals surface area contributed by atoms with Gasteiger partial charge in [-0.15, -0.1) is 0 Å². The zero-order valence-corrected chi connectivity index (χ0v) is 35.7. The van der Waals surface area contributed by atoms with Crippen molar-refractivity contribution in [3.8, 4) is 0 Å². The molecule has 4 aliphatic rings. The van der Waals surface area contributed by atoms with Crippen molar-refractivity contribution in [3.05, 3.63) is 35.4 Å². The zero-order valence-electron chi connectivity index (χ0n) is 34.8. The van der Waals surface area contributed by atoms with Crippen LogP contribution in [-0.4, -0.2) is 104 Å². The molecule has 1 aromatic carbocycles. The molecule has 13 nitrogen and oxygen atoms in total. The van der Waals surface area contributed by atoms with Gasteiger partial charge in [-0.1, -0.05) is 64.5 Å². The Kier molecular flexibility index (Phi) is 14.2. The highest BCUT2D eigenvalue weighted by Crippen LogP contribution is 2.65. The number of alkyl halides is 2. The van der Waals surface area contributed by atoms with Crippen LogP contribution in [0, 0.1) is 23.2 Å². The molecule has 0 spiro atoms. The number of nitrogens with one attached hydrogen (secondary N) is 4. The molecular weight excluding hydrogens is 773 g/mol. The van der Waals surface area contributed by atoms with Crippen molar-refractivity contribution in [1.82, 2.24) is 26.2 Å². The van der Waals surface area contributed by atoms with E-state index in [2.05, 4.69) is 21.3 Å². The quantitative estimate of drug-likeness (QED) is 0.180. The van der Waals surface area contributed by atoms with Gasteiger partial charge in [0.15, 0.2) is 9.84 Å². The maximum Gasteiger partial charge on any atom is 0.337 e. The summed E-state index contributed by atoms with van der Waals surface area (Å²) < 4.78 is 58.3. The van der Waals surface area contributed by atoms with Gasteiger partial charge in [-0.3, -0.25) is 14.4 Å². The number of halogens is 2. The average Bonchev–Trinajstić information content (AvgIpc) is 3.46. The largest absolute Gasteiger partial charge is 0.465 e. The number of urea groups is 1. The summed E-state index contributed by atoms with van der Waals surface area (Å²) in [6, 6.07) is 2.30. The predicted octanol–water partition coefficient (Wildman–Crippen LogP) is 4.92. The summed E-state index contributed by atoms with van der Waals surface area (Å²) in [5.41, 5.74) is -0.175. The zero-order chi connectivity index (χ0) is 42.6. The number of carbonyl (C=O) groups is 5.